The summed E-state index contributed by atoms with van der Waals surface area (Å²) in [6, 6.07) is 13.1. The van der Waals surface area contributed by atoms with Gasteiger partial charge in [0.2, 0.25) is 0 Å². The Labute approximate surface area is 111 Å². The Morgan fingerprint density at radius 3 is 2.84 bits per heavy atom. The molecule has 0 atom stereocenters. The number of benzene rings is 2. The zero-order valence-corrected chi connectivity index (χ0v) is 10.6. The van der Waals surface area contributed by atoms with Gasteiger partial charge in [0.05, 0.1) is 11.6 Å². The number of fused-ring (bicyclic) bond motifs is 1. The van der Waals surface area contributed by atoms with E-state index < -0.39 is 0 Å². The highest BCUT2D eigenvalue weighted by atomic mass is 16.5. The van der Waals surface area contributed by atoms with Crippen LogP contribution in [0.25, 0.3) is 11.0 Å². The molecule has 0 saturated carbocycles. The van der Waals surface area contributed by atoms with Crippen LogP contribution < -0.4 is 4.74 Å². The molecular formula is C16H14O3. The van der Waals surface area contributed by atoms with Gasteiger partial charge >= 0.3 is 0 Å². The van der Waals surface area contributed by atoms with Gasteiger partial charge in [-0.25, -0.2) is 0 Å². The van der Waals surface area contributed by atoms with Gasteiger partial charge in [0.15, 0.2) is 0 Å². The lowest BCUT2D eigenvalue weighted by molar-refractivity contribution is 0.305. The molecule has 0 saturated heterocycles. The summed E-state index contributed by atoms with van der Waals surface area (Å²) in [6.07, 6.45) is 1.63. The largest absolute Gasteiger partial charge is 0.507 e. The van der Waals surface area contributed by atoms with Crippen LogP contribution >= 0.6 is 0 Å². The van der Waals surface area contributed by atoms with Crippen LogP contribution in [0.5, 0.6) is 11.5 Å². The number of aromatic hydroxyl groups is 1. The van der Waals surface area contributed by atoms with Crippen LogP contribution in [0.3, 0.4) is 0 Å². The molecule has 0 aliphatic rings. The lowest BCUT2D eigenvalue weighted by Gasteiger charge is -2.06. The second kappa shape index (κ2) is 4.69. The third-order valence-electron chi connectivity index (χ3n) is 3.04. The Morgan fingerprint density at radius 1 is 1.16 bits per heavy atom. The molecule has 3 heteroatoms. The van der Waals surface area contributed by atoms with Crippen molar-refractivity contribution in [1.82, 2.24) is 0 Å². The molecule has 0 fully saturated rings. The van der Waals surface area contributed by atoms with Crippen LogP contribution in [0.4, 0.5) is 0 Å². The van der Waals surface area contributed by atoms with Gasteiger partial charge in [0, 0.05) is 5.56 Å². The van der Waals surface area contributed by atoms with Crippen LogP contribution in [-0.4, -0.2) is 5.11 Å². The van der Waals surface area contributed by atoms with Gasteiger partial charge in [-0.1, -0.05) is 18.2 Å². The molecule has 0 aliphatic carbocycles. The molecule has 96 valence electrons. The highest BCUT2D eigenvalue weighted by Crippen LogP contribution is 2.30. The van der Waals surface area contributed by atoms with Crippen molar-refractivity contribution in [1.29, 1.82) is 0 Å². The number of rotatable bonds is 3. The minimum absolute atomic E-state index is 0.217. The van der Waals surface area contributed by atoms with E-state index >= 15 is 0 Å². The second-order valence-electron chi connectivity index (χ2n) is 4.52. The molecule has 3 aromatic rings. The van der Waals surface area contributed by atoms with Crippen molar-refractivity contribution in [2.45, 2.75) is 13.5 Å². The normalized spacial score (nSPS) is 10.8. The van der Waals surface area contributed by atoms with Crippen LogP contribution in [0.15, 0.2) is 53.1 Å². The number of furan rings is 1. The van der Waals surface area contributed by atoms with Crippen molar-refractivity contribution < 1.29 is 14.3 Å². The standard InChI is InChI=1S/C16H14O3/c1-11-4-2-5-13(8-11)18-9-12-10-19-15-7-3-6-14(17)16(12)15/h2-8,10,17H,9H2,1H3. The van der Waals surface area contributed by atoms with Gasteiger partial charge in [-0.05, 0) is 36.8 Å². The van der Waals surface area contributed by atoms with E-state index in [-0.39, 0.29) is 5.75 Å². The Hall–Kier alpha value is -2.42. The van der Waals surface area contributed by atoms with E-state index in [1.807, 2.05) is 37.3 Å². The van der Waals surface area contributed by atoms with Crippen molar-refractivity contribution >= 4 is 11.0 Å². The molecule has 3 nitrogen and oxygen atoms in total. The molecule has 0 aliphatic heterocycles. The second-order valence-corrected chi connectivity index (χ2v) is 4.52. The lowest BCUT2D eigenvalue weighted by Crippen LogP contribution is -1.94. The highest BCUT2D eigenvalue weighted by molar-refractivity contribution is 5.87. The van der Waals surface area contributed by atoms with Crippen LogP contribution in [0, 0.1) is 6.92 Å². The number of phenols is 1. The first-order valence-electron chi connectivity index (χ1n) is 6.11. The fourth-order valence-electron chi connectivity index (χ4n) is 2.11. The number of phenolic OH excluding ortho intramolecular Hbond substituents is 1. The summed E-state index contributed by atoms with van der Waals surface area (Å²) in [5.74, 6) is 1.03. The van der Waals surface area contributed by atoms with Gasteiger partial charge in [-0.3, -0.25) is 0 Å². The van der Waals surface area contributed by atoms with E-state index in [1.165, 1.54) is 0 Å². The maximum atomic E-state index is 9.87. The van der Waals surface area contributed by atoms with Gasteiger partial charge in [0.25, 0.3) is 0 Å². The summed E-state index contributed by atoms with van der Waals surface area (Å²) in [5, 5.41) is 10.6. The minimum atomic E-state index is 0.217. The average Bonchev–Trinajstić information content (AvgIpc) is 2.81. The van der Waals surface area contributed by atoms with E-state index in [0.717, 1.165) is 22.3 Å². The molecular weight excluding hydrogens is 240 g/mol. The Balaban J connectivity index is 1.86. The Kier molecular flexibility index (Phi) is 2.88. The van der Waals surface area contributed by atoms with E-state index in [0.29, 0.717) is 12.2 Å². The monoisotopic (exact) mass is 254 g/mol. The van der Waals surface area contributed by atoms with Crippen molar-refractivity contribution in [2.24, 2.45) is 0 Å². The number of aryl methyl sites for hydroxylation is 1. The van der Waals surface area contributed by atoms with Crippen LogP contribution in [0.1, 0.15) is 11.1 Å². The van der Waals surface area contributed by atoms with Crippen molar-refractivity contribution in [3.8, 4) is 11.5 Å². The summed E-state index contributed by atoms with van der Waals surface area (Å²) in [6.45, 7) is 2.39. The van der Waals surface area contributed by atoms with E-state index in [4.69, 9.17) is 9.15 Å². The smallest absolute Gasteiger partial charge is 0.138 e. The zero-order valence-electron chi connectivity index (χ0n) is 10.6. The average molecular weight is 254 g/mol. The summed E-state index contributed by atoms with van der Waals surface area (Å²) >= 11 is 0. The summed E-state index contributed by atoms with van der Waals surface area (Å²) < 4.78 is 11.1. The molecule has 0 amide bonds. The first-order chi connectivity index (χ1) is 9.24. The fraction of sp³-hybridized carbons (Fsp3) is 0.125. The van der Waals surface area contributed by atoms with Crippen molar-refractivity contribution in [3.05, 3.63) is 59.9 Å². The quantitative estimate of drug-likeness (QED) is 0.767. The predicted molar refractivity (Wildman–Crippen MR) is 73.4 cm³/mol. The molecule has 3 rings (SSSR count). The number of hydrogen-bond acceptors (Lipinski definition) is 3. The third-order valence-corrected chi connectivity index (χ3v) is 3.04. The number of ether oxygens (including phenoxy) is 1. The van der Waals surface area contributed by atoms with Crippen LogP contribution in [-0.2, 0) is 6.61 Å². The SMILES string of the molecule is Cc1cccc(OCc2coc3cccc(O)c23)c1. The topological polar surface area (TPSA) is 42.6 Å². The molecule has 0 radical (unpaired) electrons. The van der Waals surface area contributed by atoms with Gasteiger partial charge < -0.3 is 14.3 Å². The molecule has 0 spiro atoms. The molecule has 1 heterocycles. The predicted octanol–water partition coefficient (Wildman–Crippen LogP) is 4.03. The van der Waals surface area contributed by atoms with E-state index in [9.17, 15) is 5.11 Å². The first kappa shape index (κ1) is 11.7. The summed E-state index contributed by atoms with van der Waals surface area (Å²) in [4.78, 5) is 0. The van der Waals surface area contributed by atoms with Gasteiger partial charge in [-0.2, -0.15) is 0 Å². The molecule has 1 N–H and O–H groups in total. The third kappa shape index (κ3) is 2.27. The molecule has 0 bridgehead atoms. The van der Waals surface area contributed by atoms with Gasteiger partial charge in [0.1, 0.15) is 23.7 Å². The zero-order chi connectivity index (χ0) is 13.2. The van der Waals surface area contributed by atoms with Gasteiger partial charge in [-0.15, -0.1) is 0 Å². The Morgan fingerprint density at radius 2 is 2.00 bits per heavy atom. The molecule has 0 unspecified atom stereocenters. The lowest BCUT2D eigenvalue weighted by atomic mass is 10.1. The van der Waals surface area contributed by atoms with Crippen molar-refractivity contribution in [2.75, 3.05) is 0 Å². The van der Waals surface area contributed by atoms with Crippen molar-refractivity contribution in [3.63, 3.8) is 0 Å². The summed E-state index contributed by atoms with van der Waals surface area (Å²) in [7, 11) is 0. The molecule has 1 aromatic heterocycles. The maximum absolute atomic E-state index is 9.87. The van der Waals surface area contributed by atoms with E-state index in [1.54, 1.807) is 18.4 Å². The summed E-state index contributed by atoms with van der Waals surface area (Å²) in [5.41, 5.74) is 2.66. The minimum Gasteiger partial charge on any atom is -0.507 e. The Bertz CT molecular complexity index is 713. The first-order valence-corrected chi connectivity index (χ1v) is 6.11. The number of hydrogen-bond donors (Lipinski definition) is 1. The van der Waals surface area contributed by atoms with Crippen LogP contribution in [0.2, 0.25) is 0 Å². The van der Waals surface area contributed by atoms with E-state index in [2.05, 4.69) is 0 Å². The maximum Gasteiger partial charge on any atom is 0.138 e. The fourth-order valence-corrected chi connectivity index (χ4v) is 2.11. The highest BCUT2D eigenvalue weighted by Gasteiger charge is 2.10. The molecule has 2 aromatic carbocycles. The molecule has 19 heavy (non-hydrogen) atoms.